The Morgan fingerprint density at radius 3 is 1.65 bits per heavy atom. The van der Waals surface area contributed by atoms with Crippen molar-refractivity contribution in [2.45, 2.75) is 0 Å². The Balaban J connectivity index is 0.995. The molecule has 0 aliphatic rings. The summed E-state index contributed by atoms with van der Waals surface area (Å²) in [4.78, 5) is 2.37. The van der Waals surface area contributed by atoms with Crippen molar-refractivity contribution in [2.75, 3.05) is 4.90 Å². The molecule has 11 aromatic rings. The number of rotatable bonds is 6. The molecule has 0 radical (unpaired) electrons. The number of fused-ring (bicyclic) bond motifs is 7. The number of furan rings is 1. The van der Waals surface area contributed by atoms with Crippen LogP contribution in [0.4, 0.5) is 17.1 Å². The first-order chi connectivity index (χ1) is 27.3. The highest BCUT2D eigenvalue weighted by Crippen LogP contribution is 2.41. The summed E-state index contributed by atoms with van der Waals surface area (Å²) in [5, 5.41) is 7.19. The molecule has 0 saturated carbocycles. The van der Waals surface area contributed by atoms with Crippen LogP contribution in [0.5, 0.6) is 0 Å². The van der Waals surface area contributed by atoms with Gasteiger partial charge in [0.25, 0.3) is 0 Å². The molecule has 0 aliphatic heterocycles. The summed E-state index contributed by atoms with van der Waals surface area (Å²) >= 11 is 0. The van der Waals surface area contributed by atoms with E-state index in [2.05, 4.69) is 204 Å². The highest BCUT2D eigenvalue weighted by molar-refractivity contribution is 6.11. The van der Waals surface area contributed by atoms with Gasteiger partial charge in [-0.15, -0.1) is 0 Å². The normalized spacial score (nSPS) is 11.6. The number of hydrogen-bond donors (Lipinski definition) is 0. The van der Waals surface area contributed by atoms with E-state index in [-0.39, 0.29) is 0 Å². The Labute approximate surface area is 318 Å². The molecule has 3 heteroatoms. The fourth-order valence-electron chi connectivity index (χ4n) is 8.35. The molecule has 0 unspecified atom stereocenters. The van der Waals surface area contributed by atoms with Crippen molar-refractivity contribution in [3.8, 4) is 27.9 Å². The van der Waals surface area contributed by atoms with E-state index in [0.29, 0.717) is 0 Å². The zero-order valence-electron chi connectivity index (χ0n) is 29.9. The second-order valence-electron chi connectivity index (χ2n) is 14.2. The lowest BCUT2D eigenvalue weighted by Crippen LogP contribution is -2.10. The largest absolute Gasteiger partial charge is 0.456 e. The van der Waals surface area contributed by atoms with Crippen LogP contribution in [-0.4, -0.2) is 4.57 Å². The molecule has 0 aliphatic carbocycles. The average molecular weight is 703 g/mol. The van der Waals surface area contributed by atoms with Gasteiger partial charge in [0.2, 0.25) is 0 Å². The number of para-hydroxylation sites is 3. The Morgan fingerprint density at radius 1 is 0.345 bits per heavy atom. The molecular weight excluding hydrogens is 669 g/mol. The molecule has 2 heterocycles. The summed E-state index contributed by atoms with van der Waals surface area (Å²) in [6.45, 7) is 0. The van der Waals surface area contributed by atoms with Gasteiger partial charge in [-0.3, -0.25) is 0 Å². The van der Waals surface area contributed by atoms with Crippen LogP contribution in [0.15, 0.2) is 211 Å². The van der Waals surface area contributed by atoms with Crippen molar-refractivity contribution in [1.29, 1.82) is 0 Å². The zero-order chi connectivity index (χ0) is 36.3. The van der Waals surface area contributed by atoms with Crippen molar-refractivity contribution in [3.05, 3.63) is 206 Å². The van der Waals surface area contributed by atoms with Crippen LogP contribution in [0.3, 0.4) is 0 Å². The quantitative estimate of drug-likeness (QED) is 0.172. The Kier molecular flexibility index (Phi) is 7.17. The van der Waals surface area contributed by atoms with Gasteiger partial charge >= 0.3 is 0 Å². The molecule has 0 fully saturated rings. The van der Waals surface area contributed by atoms with Crippen molar-refractivity contribution in [2.24, 2.45) is 0 Å². The van der Waals surface area contributed by atoms with E-state index in [1.807, 2.05) is 12.1 Å². The van der Waals surface area contributed by atoms with Gasteiger partial charge in [-0.1, -0.05) is 127 Å². The number of nitrogens with zero attached hydrogens (tertiary/aromatic N) is 2. The van der Waals surface area contributed by atoms with E-state index < -0.39 is 0 Å². The molecule has 0 amide bonds. The monoisotopic (exact) mass is 702 g/mol. The number of benzene rings is 9. The van der Waals surface area contributed by atoms with E-state index in [1.54, 1.807) is 0 Å². The van der Waals surface area contributed by atoms with Crippen molar-refractivity contribution < 1.29 is 4.42 Å². The predicted molar refractivity (Wildman–Crippen MR) is 231 cm³/mol. The van der Waals surface area contributed by atoms with Crippen LogP contribution >= 0.6 is 0 Å². The molecule has 55 heavy (non-hydrogen) atoms. The third-order valence-electron chi connectivity index (χ3n) is 11.0. The minimum atomic E-state index is 0.908. The fourth-order valence-corrected chi connectivity index (χ4v) is 8.35. The highest BCUT2D eigenvalue weighted by atomic mass is 16.3. The van der Waals surface area contributed by atoms with Gasteiger partial charge in [-0.25, -0.2) is 0 Å². The first-order valence-electron chi connectivity index (χ1n) is 18.8. The Morgan fingerprint density at radius 2 is 0.891 bits per heavy atom. The molecule has 9 aromatic carbocycles. The van der Waals surface area contributed by atoms with Crippen LogP contribution in [0, 0.1) is 0 Å². The van der Waals surface area contributed by atoms with Crippen LogP contribution in [-0.2, 0) is 0 Å². The standard InChI is InChI=1S/C52H34N2O/c1-2-13-40(14-3-1)54-49-18-8-6-16-44(49)46-33-38(25-31-50(46)54)35-21-27-41(28-22-35)53(48-19-10-12-37-11-4-5-15-43(37)48)42-29-23-36(24-30-42)39-26-32-52-47(34-39)45-17-7-9-20-51(45)55-52/h1-34H. The average Bonchev–Trinajstić information content (AvgIpc) is 3.80. The summed E-state index contributed by atoms with van der Waals surface area (Å²) in [7, 11) is 0. The molecular formula is C52H34N2O. The molecule has 0 N–H and O–H groups in total. The lowest BCUT2D eigenvalue weighted by atomic mass is 10.0. The maximum atomic E-state index is 6.11. The Hall–Kier alpha value is -7.36. The molecule has 2 aromatic heterocycles. The number of anilines is 3. The van der Waals surface area contributed by atoms with Crippen LogP contribution in [0.25, 0.3) is 82.5 Å². The van der Waals surface area contributed by atoms with Gasteiger partial charge in [0, 0.05) is 44.0 Å². The summed E-state index contributed by atoms with van der Waals surface area (Å²) in [6.07, 6.45) is 0. The van der Waals surface area contributed by atoms with E-state index in [4.69, 9.17) is 4.42 Å². The van der Waals surface area contributed by atoms with Gasteiger partial charge < -0.3 is 13.9 Å². The van der Waals surface area contributed by atoms with Gasteiger partial charge in [-0.2, -0.15) is 0 Å². The Bertz CT molecular complexity index is 3180. The van der Waals surface area contributed by atoms with Gasteiger partial charge in [0.15, 0.2) is 0 Å². The second kappa shape index (κ2) is 12.6. The topological polar surface area (TPSA) is 21.3 Å². The lowest BCUT2D eigenvalue weighted by Gasteiger charge is -2.27. The molecule has 0 spiro atoms. The molecule has 3 nitrogen and oxygen atoms in total. The predicted octanol–water partition coefficient (Wildman–Crippen LogP) is 14.6. The second-order valence-corrected chi connectivity index (χ2v) is 14.2. The van der Waals surface area contributed by atoms with Crippen molar-refractivity contribution in [3.63, 3.8) is 0 Å². The number of hydrogen-bond acceptors (Lipinski definition) is 2. The van der Waals surface area contributed by atoms with Gasteiger partial charge in [-0.05, 0) is 107 Å². The summed E-state index contributed by atoms with van der Waals surface area (Å²) < 4.78 is 8.47. The molecule has 258 valence electrons. The third-order valence-corrected chi connectivity index (χ3v) is 11.0. The summed E-state index contributed by atoms with van der Waals surface area (Å²) in [5.74, 6) is 0. The van der Waals surface area contributed by atoms with E-state index in [0.717, 1.165) is 50.1 Å². The van der Waals surface area contributed by atoms with Crippen LogP contribution in [0.1, 0.15) is 0 Å². The fraction of sp³-hybridized carbons (Fsp3) is 0. The maximum absolute atomic E-state index is 6.11. The lowest BCUT2D eigenvalue weighted by molar-refractivity contribution is 0.669. The first-order valence-corrected chi connectivity index (χ1v) is 18.8. The van der Waals surface area contributed by atoms with E-state index >= 15 is 0 Å². The van der Waals surface area contributed by atoms with E-state index in [9.17, 15) is 0 Å². The minimum absolute atomic E-state index is 0.908. The van der Waals surface area contributed by atoms with Crippen molar-refractivity contribution in [1.82, 2.24) is 4.57 Å². The molecule has 11 rings (SSSR count). The van der Waals surface area contributed by atoms with Gasteiger partial charge in [0.1, 0.15) is 11.2 Å². The zero-order valence-corrected chi connectivity index (χ0v) is 29.9. The van der Waals surface area contributed by atoms with Crippen molar-refractivity contribution >= 4 is 71.6 Å². The van der Waals surface area contributed by atoms with Crippen LogP contribution < -0.4 is 4.90 Å². The van der Waals surface area contributed by atoms with E-state index in [1.165, 1.54) is 49.4 Å². The SMILES string of the molecule is c1ccc(-n2c3ccccc3c3cc(-c4ccc(N(c5ccc(-c6ccc7oc8ccccc8c7c6)cc5)c5cccc6ccccc56)cc4)ccc32)cc1. The summed E-state index contributed by atoms with van der Waals surface area (Å²) in [6, 6.07) is 74.0. The smallest absolute Gasteiger partial charge is 0.135 e. The summed E-state index contributed by atoms with van der Waals surface area (Å²) in [5.41, 5.74) is 13.4. The number of aromatic nitrogens is 1. The molecule has 0 saturated heterocycles. The highest BCUT2D eigenvalue weighted by Gasteiger charge is 2.17. The maximum Gasteiger partial charge on any atom is 0.135 e. The molecule has 0 bridgehead atoms. The molecule has 0 atom stereocenters. The van der Waals surface area contributed by atoms with Crippen LogP contribution in [0.2, 0.25) is 0 Å². The third kappa shape index (κ3) is 5.20. The van der Waals surface area contributed by atoms with Gasteiger partial charge in [0.05, 0.1) is 16.7 Å². The minimum Gasteiger partial charge on any atom is -0.456 e. The first kappa shape index (κ1) is 31.2.